The number of nitrogens with one attached hydrogen (secondary N) is 2. The fourth-order valence-corrected chi connectivity index (χ4v) is 6.83. The van der Waals surface area contributed by atoms with E-state index in [4.69, 9.17) is 14.7 Å². The molecular weight excluding hydrogens is 450 g/mol. The molecule has 0 amide bonds. The van der Waals surface area contributed by atoms with Crippen molar-refractivity contribution in [2.45, 2.75) is 43.9 Å². The summed E-state index contributed by atoms with van der Waals surface area (Å²) in [7, 11) is -3.37. The number of nitrogens with zero attached hydrogens (tertiary/aromatic N) is 3. The SMILES string of the molecule is CC[C@H]1COCCN1c1cc(C2(S(C)(=O)=O)CCNCC2)cc(-c2ccc3[nH]c(C)cc3n2)n1. The number of hydrogen-bond donors (Lipinski definition) is 2. The molecule has 0 saturated carbocycles. The number of H-pyrrole nitrogens is 1. The van der Waals surface area contributed by atoms with Gasteiger partial charge in [-0.25, -0.2) is 18.4 Å². The van der Waals surface area contributed by atoms with Gasteiger partial charge >= 0.3 is 0 Å². The molecule has 5 heterocycles. The highest BCUT2D eigenvalue weighted by molar-refractivity contribution is 7.91. The van der Waals surface area contributed by atoms with E-state index in [1.807, 2.05) is 37.3 Å². The number of pyridine rings is 2. The van der Waals surface area contributed by atoms with E-state index in [-0.39, 0.29) is 6.04 Å². The molecular formula is C25H33N5O3S. The Morgan fingerprint density at radius 2 is 1.94 bits per heavy atom. The van der Waals surface area contributed by atoms with E-state index < -0.39 is 14.6 Å². The average molecular weight is 484 g/mol. The Hall–Kier alpha value is -2.49. The summed E-state index contributed by atoms with van der Waals surface area (Å²) in [5.74, 6) is 0.802. The normalized spacial score (nSPS) is 21.1. The number of anilines is 1. The standard InChI is InChI=1S/C25H33N5O3S/c1-4-19-16-33-12-11-30(19)24-15-18(25(34(3,31)32)7-9-26-10-8-25)14-23(29-24)21-6-5-20-22(28-21)13-17(2)27-20/h5-6,13-15,19,26-27H,4,7-12,16H2,1-3H3/t19-/m0/s1. The maximum absolute atomic E-state index is 13.2. The first kappa shape index (κ1) is 23.3. The van der Waals surface area contributed by atoms with Gasteiger partial charge in [0.1, 0.15) is 5.82 Å². The van der Waals surface area contributed by atoms with E-state index in [2.05, 4.69) is 22.1 Å². The van der Waals surface area contributed by atoms with Crippen molar-refractivity contribution in [2.24, 2.45) is 0 Å². The van der Waals surface area contributed by atoms with Crippen LogP contribution in [-0.2, 0) is 19.3 Å². The Kier molecular flexibility index (Phi) is 6.12. The number of aromatic nitrogens is 3. The lowest BCUT2D eigenvalue weighted by molar-refractivity contribution is 0.0925. The number of rotatable bonds is 5. The fourth-order valence-electron chi connectivity index (χ4n) is 5.34. The van der Waals surface area contributed by atoms with Crippen LogP contribution in [0.2, 0.25) is 0 Å². The minimum atomic E-state index is -3.37. The Morgan fingerprint density at radius 1 is 1.15 bits per heavy atom. The highest BCUT2D eigenvalue weighted by Gasteiger charge is 2.44. The molecule has 3 aromatic heterocycles. The topological polar surface area (TPSA) is 100 Å². The van der Waals surface area contributed by atoms with Crippen LogP contribution >= 0.6 is 0 Å². The van der Waals surface area contributed by atoms with E-state index >= 15 is 0 Å². The summed E-state index contributed by atoms with van der Waals surface area (Å²) in [6.45, 7) is 7.49. The molecule has 0 aliphatic carbocycles. The lowest BCUT2D eigenvalue weighted by Crippen LogP contribution is -2.47. The molecule has 2 fully saturated rings. The third-order valence-corrected chi connectivity index (χ3v) is 9.39. The minimum Gasteiger partial charge on any atom is -0.377 e. The fraction of sp³-hybridized carbons (Fsp3) is 0.520. The maximum atomic E-state index is 13.2. The van der Waals surface area contributed by atoms with Gasteiger partial charge in [-0.15, -0.1) is 0 Å². The molecule has 0 unspecified atom stereocenters. The largest absolute Gasteiger partial charge is 0.377 e. The molecule has 0 radical (unpaired) electrons. The Balaban J connectivity index is 1.70. The summed E-state index contributed by atoms with van der Waals surface area (Å²) in [5, 5.41) is 3.32. The van der Waals surface area contributed by atoms with E-state index in [0.717, 1.165) is 46.8 Å². The molecule has 0 aromatic carbocycles. The predicted molar refractivity (Wildman–Crippen MR) is 135 cm³/mol. The Bertz CT molecular complexity index is 1300. The van der Waals surface area contributed by atoms with Gasteiger partial charge in [-0.2, -0.15) is 0 Å². The smallest absolute Gasteiger partial charge is 0.157 e. The average Bonchev–Trinajstić information content (AvgIpc) is 3.22. The summed E-state index contributed by atoms with van der Waals surface area (Å²) < 4.78 is 31.3. The monoisotopic (exact) mass is 483 g/mol. The van der Waals surface area contributed by atoms with Crippen LogP contribution in [-0.4, -0.2) is 68.5 Å². The maximum Gasteiger partial charge on any atom is 0.157 e. The number of fused-ring (bicyclic) bond motifs is 1. The van der Waals surface area contributed by atoms with E-state index in [1.165, 1.54) is 6.26 Å². The van der Waals surface area contributed by atoms with Crippen LogP contribution in [0.15, 0.2) is 30.3 Å². The van der Waals surface area contributed by atoms with Crippen LogP contribution in [0.4, 0.5) is 5.82 Å². The van der Waals surface area contributed by atoms with E-state index in [0.29, 0.717) is 44.8 Å². The van der Waals surface area contributed by atoms with Crippen LogP contribution in [0.5, 0.6) is 0 Å². The van der Waals surface area contributed by atoms with Crippen molar-refractivity contribution in [3.8, 4) is 11.4 Å². The van der Waals surface area contributed by atoms with Gasteiger partial charge in [0.05, 0.1) is 46.4 Å². The second-order valence-corrected chi connectivity index (χ2v) is 11.9. The third kappa shape index (κ3) is 4.10. The zero-order valence-corrected chi connectivity index (χ0v) is 20.9. The number of morpholine rings is 1. The van der Waals surface area contributed by atoms with Gasteiger partial charge in [0, 0.05) is 18.5 Å². The number of hydrogen-bond acceptors (Lipinski definition) is 7. The molecule has 3 aromatic rings. The van der Waals surface area contributed by atoms with Crippen LogP contribution < -0.4 is 10.2 Å². The van der Waals surface area contributed by atoms with Crippen LogP contribution in [0.25, 0.3) is 22.4 Å². The number of piperidine rings is 1. The van der Waals surface area contributed by atoms with Gasteiger partial charge in [-0.05, 0) is 75.2 Å². The van der Waals surface area contributed by atoms with Gasteiger partial charge in [-0.3, -0.25) is 0 Å². The number of ether oxygens (including phenoxy) is 1. The molecule has 1 atom stereocenters. The molecule has 0 bridgehead atoms. The highest BCUT2D eigenvalue weighted by Crippen LogP contribution is 2.41. The van der Waals surface area contributed by atoms with Crippen molar-refractivity contribution in [2.75, 3.05) is 44.0 Å². The van der Waals surface area contributed by atoms with E-state index in [9.17, 15) is 8.42 Å². The van der Waals surface area contributed by atoms with Crippen molar-refractivity contribution < 1.29 is 13.2 Å². The van der Waals surface area contributed by atoms with Gasteiger partial charge in [0.2, 0.25) is 0 Å². The second kappa shape index (κ2) is 8.94. The molecule has 182 valence electrons. The molecule has 9 heteroatoms. The van der Waals surface area contributed by atoms with Gasteiger partial charge in [0.25, 0.3) is 0 Å². The zero-order valence-electron chi connectivity index (χ0n) is 20.1. The number of aryl methyl sites for hydroxylation is 1. The predicted octanol–water partition coefficient (Wildman–Crippen LogP) is 3.17. The summed E-state index contributed by atoms with van der Waals surface area (Å²) in [6.07, 6.45) is 3.38. The Labute approximate surface area is 201 Å². The van der Waals surface area contributed by atoms with Crippen molar-refractivity contribution in [1.82, 2.24) is 20.3 Å². The quantitative estimate of drug-likeness (QED) is 0.575. The van der Waals surface area contributed by atoms with Crippen LogP contribution in [0, 0.1) is 6.92 Å². The zero-order chi connectivity index (χ0) is 23.9. The summed E-state index contributed by atoms with van der Waals surface area (Å²) in [4.78, 5) is 15.5. The molecule has 5 rings (SSSR count). The van der Waals surface area contributed by atoms with Crippen molar-refractivity contribution in [1.29, 1.82) is 0 Å². The van der Waals surface area contributed by atoms with Crippen molar-refractivity contribution in [3.05, 3.63) is 41.6 Å². The highest BCUT2D eigenvalue weighted by atomic mass is 32.2. The van der Waals surface area contributed by atoms with Crippen molar-refractivity contribution in [3.63, 3.8) is 0 Å². The first-order valence-electron chi connectivity index (χ1n) is 12.0. The van der Waals surface area contributed by atoms with Gasteiger partial charge in [-0.1, -0.05) is 6.92 Å². The first-order valence-corrected chi connectivity index (χ1v) is 13.9. The van der Waals surface area contributed by atoms with Crippen molar-refractivity contribution >= 4 is 26.7 Å². The first-order chi connectivity index (χ1) is 16.3. The molecule has 8 nitrogen and oxygen atoms in total. The summed E-state index contributed by atoms with van der Waals surface area (Å²) in [5.41, 5.74) is 5.16. The second-order valence-electron chi connectivity index (χ2n) is 9.53. The van der Waals surface area contributed by atoms with E-state index in [1.54, 1.807) is 0 Å². The molecule has 34 heavy (non-hydrogen) atoms. The molecule has 0 spiro atoms. The van der Waals surface area contributed by atoms with Crippen LogP contribution in [0.3, 0.4) is 0 Å². The lowest BCUT2D eigenvalue weighted by Gasteiger charge is -2.39. The summed E-state index contributed by atoms with van der Waals surface area (Å²) in [6, 6.07) is 10.1. The van der Waals surface area contributed by atoms with Gasteiger partial charge < -0.3 is 19.9 Å². The molecule has 2 aliphatic rings. The van der Waals surface area contributed by atoms with Gasteiger partial charge in [0.15, 0.2) is 9.84 Å². The number of sulfone groups is 1. The van der Waals surface area contributed by atoms with Crippen LogP contribution in [0.1, 0.15) is 37.4 Å². The lowest BCUT2D eigenvalue weighted by atomic mass is 9.88. The molecule has 2 aliphatic heterocycles. The minimum absolute atomic E-state index is 0.203. The molecule has 2 N–H and O–H groups in total. The third-order valence-electron chi connectivity index (χ3n) is 7.32. The Morgan fingerprint density at radius 3 is 2.68 bits per heavy atom. The molecule has 2 saturated heterocycles. The summed E-state index contributed by atoms with van der Waals surface area (Å²) >= 11 is 0. The number of aromatic amines is 1.